The second-order valence-electron chi connectivity index (χ2n) is 7.90. The van der Waals surface area contributed by atoms with Crippen molar-refractivity contribution in [3.63, 3.8) is 0 Å². The summed E-state index contributed by atoms with van der Waals surface area (Å²) in [6.07, 6.45) is 0. The number of rotatable bonds is 8. The summed E-state index contributed by atoms with van der Waals surface area (Å²) in [6.45, 7) is 1.84. The monoisotopic (exact) mass is 500 g/mol. The molecule has 0 heterocycles. The first-order valence-electron chi connectivity index (χ1n) is 10.5. The van der Waals surface area contributed by atoms with Gasteiger partial charge in [0.05, 0.1) is 13.2 Å². The van der Waals surface area contributed by atoms with Crippen molar-refractivity contribution in [2.45, 2.75) is 19.0 Å². The van der Waals surface area contributed by atoms with Gasteiger partial charge in [0, 0.05) is 11.7 Å². The number of ether oxygens (including phenoxy) is 1. The standard InChI is InChI=1S/C26H22F2N2O4.ClH/c1-14(16-8-11-20(27)21(28)13-16)29-22(15-6-9-19(34-2)10-7-15)17-4-3-5-18(12-17)30-23-24(31)26(33)25(23)32;/h3-14,22,29-31H,1-2H3;1H/t14-,22?;/m1./s1. The fourth-order valence-electron chi connectivity index (χ4n) is 3.75. The van der Waals surface area contributed by atoms with E-state index in [0.717, 1.165) is 23.3 Å². The molecule has 6 nitrogen and oxygen atoms in total. The lowest BCUT2D eigenvalue weighted by atomic mass is 9.96. The Morgan fingerprint density at radius 2 is 1.54 bits per heavy atom. The van der Waals surface area contributed by atoms with Crippen molar-refractivity contribution in [2.75, 3.05) is 12.4 Å². The zero-order valence-corrected chi connectivity index (χ0v) is 19.7. The molecule has 0 aliphatic carbocycles. The highest BCUT2D eigenvalue weighted by Gasteiger charge is 2.22. The van der Waals surface area contributed by atoms with Crippen LogP contribution in [0.3, 0.4) is 0 Å². The molecule has 182 valence electrons. The molecule has 35 heavy (non-hydrogen) atoms. The summed E-state index contributed by atoms with van der Waals surface area (Å²) in [5, 5.41) is 15.9. The van der Waals surface area contributed by atoms with Gasteiger partial charge >= 0.3 is 0 Å². The molecule has 0 bridgehead atoms. The molecule has 3 N–H and O–H groups in total. The molecule has 0 saturated carbocycles. The van der Waals surface area contributed by atoms with Crippen LogP contribution in [0.4, 0.5) is 20.2 Å². The lowest BCUT2D eigenvalue weighted by Crippen LogP contribution is -2.32. The normalized spacial score (nSPS) is 12.6. The van der Waals surface area contributed by atoms with Crippen LogP contribution in [0.25, 0.3) is 0 Å². The van der Waals surface area contributed by atoms with E-state index in [4.69, 9.17) is 4.74 Å². The number of halogens is 3. The zero-order valence-electron chi connectivity index (χ0n) is 18.8. The molecule has 0 radical (unpaired) electrons. The highest BCUT2D eigenvalue weighted by Crippen LogP contribution is 2.30. The van der Waals surface area contributed by atoms with Gasteiger partial charge in [-0.05, 0) is 60.0 Å². The van der Waals surface area contributed by atoms with Gasteiger partial charge < -0.3 is 15.2 Å². The molecule has 9 heteroatoms. The fourth-order valence-corrected chi connectivity index (χ4v) is 3.75. The Morgan fingerprint density at radius 3 is 2.17 bits per heavy atom. The molecule has 0 saturated heterocycles. The maximum absolute atomic E-state index is 13.8. The Morgan fingerprint density at radius 1 is 0.857 bits per heavy atom. The minimum absolute atomic E-state index is 0. The minimum Gasteiger partial charge on any atom is -0.502 e. The Bertz CT molecular complexity index is 1400. The molecule has 4 aromatic rings. The highest BCUT2D eigenvalue weighted by atomic mass is 35.5. The second kappa shape index (κ2) is 10.7. The summed E-state index contributed by atoms with van der Waals surface area (Å²) < 4.78 is 32.5. The van der Waals surface area contributed by atoms with E-state index in [-0.39, 0.29) is 30.2 Å². The van der Waals surface area contributed by atoms with E-state index in [1.54, 1.807) is 25.3 Å². The molecule has 0 aliphatic heterocycles. The minimum atomic E-state index is -0.925. The third kappa shape index (κ3) is 5.34. The van der Waals surface area contributed by atoms with E-state index in [1.807, 2.05) is 37.3 Å². The molecule has 2 atom stereocenters. The van der Waals surface area contributed by atoms with Crippen molar-refractivity contribution in [1.29, 1.82) is 0 Å². The Hall–Kier alpha value is -3.75. The number of aromatic hydroxyl groups is 1. The Balaban J connectivity index is 0.00000342. The van der Waals surface area contributed by atoms with Crippen molar-refractivity contribution in [2.24, 2.45) is 0 Å². The number of benzene rings is 3. The number of nitrogens with one attached hydrogen (secondary N) is 2. The maximum Gasteiger partial charge on any atom is 0.271 e. The van der Waals surface area contributed by atoms with Gasteiger partial charge in [-0.25, -0.2) is 8.78 Å². The predicted molar refractivity (Wildman–Crippen MR) is 133 cm³/mol. The van der Waals surface area contributed by atoms with Crippen LogP contribution < -0.4 is 26.2 Å². The van der Waals surface area contributed by atoms with E-state index in [0.29, 0.717) is 17.0 Å². The van der Waals surface area contributed by atoms with Gasteiger partial charge in [-0.2, -0.15) is 0 Å². The van der Waals surface area contributed by atoms with Crippen LogP contribution in [0.5, 0.6) is 11.5 Å². The summed E-state index contributed by atoms with van der Waals surface area (Å²) in [6, 6.07) is 17.5. The molecule has 0 aliphatic rings. The summed E-state index contributed by atoms with van der Waals surface area (Å²) in [7, 11) is 1.57. The molecule has 4 rings (SSSR count). The van der Waals surface area contributed by atoms with Gasteiger partial charge in [-0.1, -0.05) is 30.3 Å². The molecule has 0 amide bonds. The van der Waals surface area contributed by atoms with Crippen LogP contribution in [0, 0.1) is 11.6 Å². The van der Waals surface area contributed by atoms with Crippen molar-refractivity contribution < 1.29 is 18.6 Å². The average molecular weight is 501 g/mol. The van der Waals surface area contributed by atoms with Crippen molar-refractivity contribution >= 4 is 23.8 Å². The van der Waals surface area contributed by atoms with Crippen LogP contribution in [0.2, 0.25) is 0 Å². The first kappa shape index (κ1) is 25.9. The SMILES string of the molecule is COc1ccc(C(N[C@H](C)c2ccc(F)c(F)c2)c2cccc(Nc3c(O)c(=O)c3=O)c2)cc1.Cl. The first-order chi connectivity index (χ1) is 16.3. The summed E-state index contributed by atoms with van der Waals surface area (Å²) >= 11 is 0. The molecular weight excluding hydrogens is 478 g/mol. The van der Waals surface area contributed by atoms with Crippen molar-refractivity contribution in [1.82, 2.24) is 5.32 Å². The molecular formula is C26H23ClF2N2O4. The highest BCUT2D eigenvalue weighted by molar-refractivity contribution is 5.85. The maximum atomic E-state index is 13.8. The van der Waals surface area contributed by atoms with Gasteiger partial charge in [-0.3, -0.25) is 14.9 Å². The molecule has 1 unspecified atom stereocenters. The zero-order chi connectivity index (χ0) is 24.4. The number of methoxy groups -OCH3 is 1. The fraction of sp³-hybridized carbons (Fsp3) is 0.154. The van der Waals surface area contributed by atoms with Gasteiger partial charge in [0.2, 0.25) is 0 Å². The van der Waals surface area contributed by atoms with Gasteiger partial charge in [0.1, 0.15) is 11.4 Å². The average Bonchev–Trinajstić information content (AvgIpc) is 2.87. The third-order valence-corrected chi connectivity index (χ3v) is 5.68. The lowest BCUT2D eigenvalue weighted by molar-refractivity contribution is 0.414. The molecule has 0 spiro atoms. The van der Waals surface area contributed by atoms with Crippen LogP contribution >= 0.6 is 12.4 Å². The smallest absolute Gasteiger partial charge is 0.271 e. The molecule has 4 aromatic carbocycles. The number of hydrogen-bond donors (Lipinski definition) is 3. The first-order valence-corrected chi connectivity index (χ1v) is 10.5. The van der Waals surface area contributed by atoms with E-state index in [9.17, 15) is 23.5 Å². The summed E-state index contributed by atoms with van der Waals surface area (Å²) in [5.74, 6) is -1.75. The summed E-state index contributed by atoms with van der Waals surface area (Å²) in [5.41, 5.74) is 0.899. The van der Waals surface area contributed by atoms with E-state index < -0.39 is 28.2 Å². The Kier molecular flexibility index (Phi) is 7.89. The topological polar surface area (TPSA) is 87.7 Å². The second-order valence-corrected chi connectivity index (χ2v) is 7.90. The quantitative estimate of drug-likeness (QED) is 0.299. The lowest BCUT2D eigenvalue weighted by Gasteiger charge is -2.25. The van der Waals surface area contributed by atoms with Crippen LogP contribution in [0.1, 0.15) is 35.7 Å². The van der Waals surface area contributed by atoms with E-state index in [2.05, 4.69) is 10.6 Å². The van der Waals surface area contributed by atoms with Gasteiger partial charge in [0.25, 0.3) is 10.9 Å². The van der Waals surface area contributed by atoms with Crippen LogP contribution in [-0.4, -0.2) is 12.2 Å². The third-order valence-electron chi connectivity index (χ3n) is 5.68. The largest absolute Gasteiger partial charge is 0.502 e. The van der Waals surface area contributed by atoms with Gasteiger partial charge in [-0.15, -0.1) is 12.4 Å². The van der Waals surface area contributed by atoms with Crippen molar-refractivity contribution in [3.8, 4) is 11.5 Å². The van der Waals surface area contributed by atoms with E-state index >= 15 is 0 Å². The number of anilines is 2. The molecule has 0 aromatic heterocycles. The van der Waals surface area contributed by atoms with Crippen LogP contribution in [-0.2, 0) is 0 Å². The number of hydrogen-bond acceptors (Lipinski definition) is 6. The van der Waals surface area contributed by atoms with Gasteiger partial charge in [0.15, 0.2) is 17.4 Å². The van der Waals surface area contributed by atoms with E-state index in [1.165, 1.54) is 6.07 Å². The Labute approximate surface area is 206 Å². The molecule has 0 fully saturated rings. The summed E-state index contributed by atoms with van der Waals surface area (Å²) in [4.78, 5) is 23.0. The van der Waals surface area contributed by atoms with Crippen LogP contribution in [0.15, 0.2) is 76.3 Å². The predicted octanol–water partition coefficient (Wildman–Crippen LogP) is 4.88. The van der Waals surface area contributed by atoms with Crippen molar-refractivity contribution in [3.05, 3.63) is 116 Å².